The fourth-order valence-electron chi connectivity index (χ4n) is 2.48. The fraction of sp³-hybridized carbons (Fsp3) is 0.368. The van der Waals surface area contributed by atoms with Crippen molar-refractivity contribution in [1.29, 1.82) is 0 Å². The summed E-state index contributed by atoms with van der Waals surface area (Å²) < 4.78 is 0. The summed E-state index contributed by atoms with van der Waals surface area (Å²) in [6.07, 6.45) is 2.71. The maximum atomic E-state index is 12.8. The van der Waals surface area contributed by atoms with Crippen LogP contribution in [0.5, 0.6) is 0 Å². The second kappa shape index (κ2) is 9.03. The first-order valence-corrected chi connectivity index (χ1v) is 8.33. The third kappa shape index (κ3) is 5.06. The average molecular weight is 326 g/mol. The van der Waals surface area contributed by atoms with E-state index in [0.29, 0.717) is 12.1 Å². The first-order valence-electron chi connectivity index (χ1n) is 8.33. The molecule has 0 aliphatic carbocycles. The number of hydrogen-bond donors (Lipinski definition) is 1. The van der Waals surface area contributed by atoms with E-state index in [-0.39, 0.29) is 5.91 Å². The molecule has 5 heteroatoms. The van der Waals surface area contributed by atoms with Crippen molar-refractivity contribution in [1.82, 2.24) is 9.88 Å². The molecule has 0 aliphatic rings. The number of pyridine rings is 1. The van der Waals surface area contributed by atoms with Crippen LogP contribution in [0, 0.1) is 0 Å². The van der Waals surface area contributed by atoms with E-state index in [9.17, 15) is 4.79 Å². The van der Waals surface area contributed by atoms with Crippen LogP contribution in [0.15, 0.2) is 48.7 Å². The van der Waals surface area contributed by atoms with Crippen molar-refractivity contribution in [2.75, 3.05) is 43.9 Å². The highest BCUT2D eigenvalue weighted by Gasteiger charge is 2.16. The number of nitrogens with zero attached hydrogens (tertiary/aromatic N) is 3. The summed E-state index contributed by atoms with van der Waals surface area (Å²) in [5.41, 5.74) is 1.55. The number of amides is 1. The molecule has 0 fully saturated rings. The van der Waals surface area contributed by atoms with Gasteiger partial charge in [0.05, 0.1) is 0 Å². The number of anilines is 2. The van der Waals surface area contributed by atoms with E-state index >= 15 is 0 Å². The Morgan fingerprint density at radius 2 is 1.92 bits per heavy atom. The Kier molecular flexibility index (Phi) is 6.75. The minimum absolute atomic E-state index is 0.0116. The molecular weight excluding hydrogens is 300 g/mol. The first kappa shape index (κ1) is 17.9. The van der Waals surface area contributed by atoms with Gasteiger partial charge in [-0.05, 0) is 58.3 Å². The number of carbonyl (C=O) groups excluding carboxylic acids is 1. The van der Waals surface area contributed by atoms with Gasteiger partial charge in [0.25, 0.3) is 5.91 Å². The van der Waals surface area contributed by atoms with Crippen LogP contribution in [0.3, 0.4) is 0 Å². The van der Waals surface area contributed by atoms with Gasteiger partial charge in [0, 0.05) is 30.5 Å². The predicted octanol–water partition coefficient (Wildman–Crippen LogP) is 3.11. The molecule has 0 radical (unpaired) electrons. The van der Waals surface area contributed by atoms with Crippen LogP contribution in [-0.4, -0.2) is 49.5 Å². The molecule has 5 nitrogen and oxygen atoms in total. The highest BCUT2D eigenvalue weighted by molar-refractivity contribution is 6.06. The highest BCUT2D eigenvalue weighted by Crippen LogP contribution is 2.17. The largest absolute Gasteiger partial charge is 0.370 e. The maximum Gasteiger partial charge on any atom is 0.258 e. The molecule has 2 rings (SSSR count). The lowest BCUT2D eigenvalue weighted by Crippen LogP contribution is -2.30. The quantitative estimate of drug-likeness (QED) is 0.757. The maximum absolute atomic E-state index is 12.8. The van der Waals surface area contributed by atoms with Crippen molar-refractivity contribution in [2.24, 2.45) is 0 Å². The van der Waals surface area contributed by atoms with Crippen molar-refractivity contribution >= 4 is 17.4 Å². The number of rotatable bonds is 8. The molecule has 1 heterocycles. The van der Waals surface area contributed by atoms with Crippen LogP contribution in [0.2, 0.25) is 0 Å². The van der Waals surface area contributed by atoms with Crippen LogP contribution in [0.25, 0.3) is 0 Å². The van der Waals surface area contributed by atoms with Crippen molar-refractivity contribution in [3.05, 3.63) is 54.2 Å². The first-order chi connectivity index (χ1) is 11.6. The third-order valence-electron chi connectivity index (χ3n) is 3.72. The van der Waals surface area contributed by atoms with Crippen LogP contribution in [0.4, 0.5) is 11.5 Å². The van der Waals surface area contributed by atoms with E-state index in [1.807, 2.05) is 43.3 Å². The molecule has 0 aliphatic heterocycles. The van der Waals surface area contributed by atoms with Crippen molar-refractivity contribution in [3.63, 3.8) is 0 Å². The van der Waals surface area contributed by atoms with Gasteiger partial charge >= 0.3 is 0 Å². The molecule has 1 N–H and O–H groups in total. The Hall–Kier alpha value is -2.40. The van der Waals surface area contributed by atoms with Gasteiger partial charge in [0.1, 0.15) is 5.82 Å². The molecule has 24 heavy (non-hydrogen) atoms. The van der Waals surface area contributed by atoms with E-state index < -0.39 is 0 Å². The summed E-state index contributed by atoms with van der Waals surface area (Å²) >= 11 is 0. The number of nitrogens with one attached hydrogen (secondary N) is 1. The van der Waals surface area contributed by atoms with Crippen molar-refractivity contribution in [2.45, 2.75) is 13.3 Å². The van der Waals surface area contributed by atoms with Gasteiger partial charge in [-0.1, -0.05) is 18.2 Å². The predicted molar refractivity (Wildman–Crippen MR) is 99.7 cm³/mol. The Bertz CT molecular complexity index is 643. The SMILES string of the molecule is CCN(C(=O)c1ccnc(NCCCN(C)C)c1)c1ccccc1. The standard InChI is InChI=1S/C19H26N4O/c1-4-23(17-9-6-5-7-10-17)19(24)16-11-13-21-18(15-16)20-12-8-14-22(2)3/h5-7,9-11,13,15H,4,8,12,14H2,1-3H3,(H,20,21). The normalized spacial score (nSPS) is 10.7. The second-order valence-corrected chi connectivity index (χ2v) is 5.90. The van der Waals surface area contributed by atoms with Crippen LogP contribution in [0.1, 0.15) is 23.7 Å². The third-order valence-corrected chi connectivity index (χ3v) is 3.72. The summed E-state index contributed by atoms with van der Waals surface area (Å²) in [6.45, 7) is 4.45. The number of carbonyl (C=O) groups is 1. The van der Waals surface area contributed by atoms with Crippen LogP contribution < -0.4 is 10.2 Å². The van der Waals surface area contributed by atoms with E-state index in [1.165, 1.54) is 0 Å². The topological polar surface area (TPSA) is 48.5 Å². The lowest BCUT2D eigenvalue weighted by molar-refractivity contribution is 0.0988. The molecule has 1 amide bonds. The minimum atomic E-state index is -0.0116. The van der Waals surface area contributed by atoms with E-state index in [1.54, 1.807) is 17.2 Å². The minimum Gasteiger partial charge on any atom is -0.370 e. The average Bonchev–Trinajstić information content (AvgIpc) is 2.60. The molecule has 0 bridgehead atoms. The Labute approximate surface area is 144 Å². The molecule has 0 saturated heterocycles. The fourth-order valence-corrected chi connectivity index (χ4v) is 2.48. The van der Waals surface area contributed by atoms with Crippen molar-refractivity contribution in [3.8, 4) is 0 Å². The molecule has 2 aromatic rings. The van der Waals surface area contributed by atoms with Crippen LogP contribution in [-0.2, 0) is 0 Å². The lowest BCUT2D eigenvalue weighted by atomic mass is 10.2. The zero-order chi connectivity index (χ0) is 17.4. The second-order valence-electron chi connectivity index (χ2n) is 5.90. The van der Waals surface area contributed by atoms with E-state index in [0.717, 1.165) is 31.0 Å². The number of para-hydroxylation sites is 1. The van der Waals surface area contributed by atoms with Gasteiger partial charge < -0.3 is 15.1 Å². The lowest BCUT2D eigenvalue weighted by Gasteiger charge is -2.21. The van der Waals surface area contributed by atoms with Gasteiger partial charge in [0.15, 0.2) is 0 Å². The monoisotopic (exact) mass is 326 g/mol. The van der Waals surface area contributed by atoms with Gasteiger partial charge in [-0.3, -0.25) is 4.79 Å². The smallest absolute Gasteiger partial charge is 0.258 e. The number of hydrogen-bond acceptors (Lipinski definition) is 4. The Morgan fingerprint density at radius 3 is 2.58 bits per heavy atom. The molecule has 0 spiro atoms. The highest BCUT2D eigenvalue weighted by atomic mass is 16.2. The van der Waals surface area contributed by atoms with Gasteiger partial charge in [-0.15, -0.1) is 0 Å². The molecule has 128 valence electrons. The zero-order valence-electron chi connectivity index (χ0n) is 14.7. The Morgan fingerprint density at radius 1 is 1.17 bits per heavy atom. The van der Waals surface area contributed by atoms with Crippen molar-refractivity contribution < 1.29 is 4.79 Å². The molecule has 1 aromatic carbocycles. The van der Waals surface area contributed by atoms with Gasteiger partial charge in [-0.25, -0.2) is 4.98 Å². The molecule has 0 unspecified atom stereocenters. The van der Waals surface area contributed by atoms with Crippen LogP contribution >= 0.6 is 0 Å². The molecular formula is C19H26N4O. The van der Waals surface area contributed by atoms with Gasteiger partial charge in [-0.2, -0.15) is 0 Å². The number of benzene rings is 1. The summed E-state index contributed by atoms with van der Waals surface area (Å²) in [5.74, 6) is 0.728. The Balaban J connectivity index is 2.05. The van der Waals surface area contributed by atoms with E-state index in [4.69, 9.17) is 0 Å². The molecule has 0 atom stereocenters. The molecule has 0 saturated carbocycles. The van der Waals surface area contributed by atoms with Gasteiger partial charge in [0.2, 0.25) is 0 Å². The summed E-state index contributed by atoms with van der Waals surface area (Å²) in [4.78, 5) is 21.0. The summed E-state index contributed by atoms with van der Waals surface area (Å²) in [6, 6.07) is 13.3. The van der Waals surface area contributed by atoms with E-state index in [2.05, 4.69) is 29.3 Å². The number of aromatic nitrogens is 1. The summed E-state index contributed by atoms with van der Waals surface area (Å²) in [5, 5.41) is 3.28. The molecule has 1 aromatic heterocycles. The zero-order valence-corrected chi connectivity index (χ0v) is 14.7. The summed E-state index contributed by atoms with van der Waals surface area (Å²) in [7, 11) is 4.11.